The van der Waals surface area contributed by atoms with E-state index in [1.165, 1.54) is 0 Å². The number of carbonyl (C=O) groups is 1. The van der Waals surface area contributed by atoms with Gasteiger partial charge in [0, 0.05) is 30.6 Å². The topological polar surface area (TPSA) is 130 Å². The summed E-state index contributed by atoms with van der Waals surface area (Å²) >= 11 is 1.00. The van der Waals surface area contributed by atoms with Crippen molar-refractivity contribution in [1.29, 1.82) is 0 Å². The van der Waals surface area contributed by atoms with Crippen LogP contribution in [0.25, 0.3) is 21.8 Å². The Hall–Kier alpha value is -6.07. The lowest BCUT2D eigenvalue weighted by atomic mass is 10.1. The van der Waals surface area contributed by atoms with Crippen molar-refractivity contribution in [3.8, 4) is 23.1 Å². The van der Waals surface area contributed by atoms with Crippen molar-refractivity contribution in [1.82, 2.24) is 14.5 Å². The van der Waals surface area contributed by atoms with Gasteiger partial charge in [0.15, 0.2) is 0 Å². The molecule has 234 valence electrons. The standard InChI is InChI=1S/C36H29N5O5S/c1-41-31-20-27(46-26-15-11-24(12-16-26)37-35(43)39-29-8-4-6-23-5-2-3-7-28(23)29)17-18-30(31)38-33(41)21-45-25-13-9-22(10-14-25)19-32-34(42)40-36(44)47-32/h2-18,20,42H,19,21H2,1H3,(H,40,44)(H2,37,39,43). The van der Waals surface area contributed by atoms with Crippen LogP contribution in [0.4, 0.5) is 16.2 Å². The van der Waals surface area contributed by atoms with Crippen LogP contribution < -0.4 is 25.0 Å². The van der Waals surface area contributed by atoms with Crippen molar-refractivity contribution in [2.75, 3.05) is 10.6 Å². The number of benzene rings is 5. The smallest absolute Gasteiger partial charge is 0.323 e. The molecule has 5 aromatic carbocycles. The van der Waals surface area contributed by atoms with Crippen LogP contribution in [0.2, 0.25) is 0 Å². The molecule has 2 heterocycles. The number of rotatable bonds is 9. The molecule has 0 aliphatic carbocycles. The summed E-state index contributed by atoms with van der Waals surface area (Å²) in [7, 11) is 1.93. The number of hydrogen-bond acceptors (Lipinski definition) is 7. The molecule has 7 aromatic rings. The fourth-order valence-corrected chi connectivity index (χ4v) is 6.04. The summed E-state index contributed by atoms with van der Waals surface area (Å²) in [6.45, 7) is 0.267. The molecule has 4 N–H and O–H groups in total. The number of aromatic hydroxyl groups is 1. The first-order valence-electron chi connectivity index (χ1n) is 14.8. The van der Waals surface area contributed by atoms with Gasteiger partial charge in [-0.2, -0.15) is 0 Å². The van der Waals surface area contributed by atoms with E-state index in [1.54, 1.807) is 24.3 Å². The quantitative estimate of drug-likeness (QED) is 0.127. The lowest BCUT2D eigenvalue weighted by Gasteiger charge is -2.11. The molecule has 0 saturated heterocycles. The molecule has 0 aliphatic heterocycles. The third-order valence-corrected chi connectivity index (χ3v) is 8.56. The van der Waals surface area contributed by atoms with Gasteiger partial charge in [0.2, 0.25) is 5.88 Å². The summed E-state index contributed by atoms with van der Waals surface area (Å²) in [5.74, 6) is 2.62. The van der Waals surface area contributed by atoms with E-state index >= 15 is 0 Å². The number of thiazole rings is 1. The average molecular weight is 644 g/mol. The Morgan fingerprint density at radius 2 is 1.64 bits per heavy atom. The first kappa shape index (κ1) is 29.6. The number of amides is 2. The lowest BCUT2D eigenvalue weighted by molar-refractivity contribution is 0.262. The van der Waals surface area contributed by atoms with E-state index in [4.69, 9.17) is 14.5 Å². The number of carbonyl (C=O) groups excluding carboxylic acids is 1. The molecule has 0 atom stereocenters. The SMILES string of the molecule is Cn1c(COc2ccc(Cc3sc(=O)[nH]c3O)cc2)nc2ccc(Oc3ccc(NC(=O)Nc4cccc5ccccc45)cc3)cc21. The van der Waals surface area contributed by atoms with Crippen molar-refractivity contribution in [3.63, 3.8) is 0 Å². The molecule has 0 saturated carbocycles. The molecular formula is C36H29N5O5S. The lowest BCUT2D eigenvalue weighted by Crippen LogP contribution is -2.19. The Kier molecular flexibility index (Phi) is 8.03. The zero-order valence-corrected chi connectivity index (χ0v) is 26.0. The number of hydrogen-bond donors (Lipinski definition) is 4. The molecule has 2 amide bonds. The monoisotopic (exact) mass is 643 g/mol. The summed E-state index contributed by atoms with van der Waals surface area (Å²) in [6, 6.07) is 33.7. The first-order valence-corrected chi connectivity index (χ1v) is 15.6. The molecular weight excluding hydrogens is 614 g/mol. The van der Waals surface area contributed by atoms with Crippen LogP contribution in [0.1, 0.15) is 16.3 Å². The van der Waals surface area contributed by atoms with Gasteiger partial charge in [0.1, 0.15) is 29.7 Å². The van der Waals surface area contributed by atoms with Crippen molar-refractivity contribution in [2.24, 2.45) is 7.05 Å². The zero-order chi connectivity index (χ0) is 32.3. The van der Waals surface area contributed by atoms with Crippen LogP contribution in [0.15, 0.2) is 114 Å². The molecule has 47 heavy (non-hydrogen) atoms. The minimum absolute atomic E-state index is 0.0828. The second kappa shape index (κ2) is 12.7. The molecule has 0 unspecified atom stereocenters. The van der Waals surface area contributed by atoms with Gasteiger partial charge >= 0.3 is 10.9 Å². The molecule has 7 rings (SSSR count). The highest BCUT2D eigenvalue weighted by Gasteiger charge is 2.12. The molecule has 0 spiro atoms. The Balaban J connectivity index is 0.957. The van der Waals surface area contributed by atoms with Gasteiger partial charge in [-0.05, 0) is 65.5 Å². The van der Waals surface area contributed by atoms with Gasteiger partial charge in [0.05, 0.1) is 21.6 Å². The number of imidazole rings is 1. The van der Waals surface area contributed by atoms with Crippen LogP contribution in [0, 0.1) is 0 Å². The number of ether oxygens (including phenoxy) is 2. The van der Waals surface area contributed by atoms with Gasteiger partial charge in [0.25, 0.3) is 0 Å². The number of aromatic nitrogens is 3. The van der Waals surface area contributed by atoms with Crippen LogP contribution in [-0.2, 0) is 20.1 Å². The summed E-state index contributed by atoms with van der Waals surface area (Å²) in [4.78, 5) is 31.6. The average Bonchev–Trinajstić information content (AvgIpc) is 3.57. The summed E-state index contributed by atoms with van der Waals surface area (Å²) in [6.07, 6.45) is 0.454. The van der Waals surface area contributed by atoms with Gasteiger partial charge in [-0.15, -0.1) is 0 Å². The Morgan fingerprint density at radius 3 is 2.43 bits per heavy atom. The highest BCUT2D eigenvalue weighted by molar-refractivity contribution is 7.09. The number of nitrogens with zero attached hydrogens (tertiary/aromatic N) is 2. The van der Waals surface area contributed by atoms with Crippen LogP contribution in [0.3, 0.4) is 0 Å². The molecule has 2 aromatic heterocycles. The molecule has 10 nitrogen and oxygen atoms in total. The predicted molar refractivity (Wildman–Crippen MR) is 184 cm³/mol. The highest BCUT2D eigenvalue weighted by atomic mass is 32.1. The van der Waals surface area contributed by atoms with Crippen LogP contribution in [-0.4, -0.2) is 25.7 Å². The largest absolute Gasteiger partial charge is 0.494 e. The van der Waals surface area contributed by atoms with Crippen molar-refractivity contribution in [3.05, 3.63) is 135 Å². The third kappa shape index (κ3) is 6.65. The van der Waals surface area contributed by atoms with Crippen LogP contribution >= 0.6 is 11.3 Å². The van der Waals surface area contributed by atoms with Gasteiger partial charge < -0.3 is 29.8 Å². The number of fused-ring (bicyclic) bond motifs is 2. The summed E-state index contributed by atoms with van der Waals surface area (Å²) in [5.41, 5.74) is 4.03. The number of urea groups is 1. The van der Waals surface area contributed by atoms with Crippen LogP contribution in [0.5, 0.6) is 23.1 Å². The van der Waals surface area contributed by atoms with Crippen molar-refractivity contribution < 1.29 is 19.4 Å². The van der Waals surface area contributed by atoms with E-state index in [0.717, 1.165) is 50.2 Å². The summed E-state index contributed by atoms with van der Waals surface area (Å²) < 4.78 is 14.1. The maximum atomic E-state index is 12.7. The van der Waals surface area contributed by atoms with E-state index in [0.29, 0.717) is 34.2 Å². The molecule has 0 radical (unpaired) electrons. The van der Waals surface area contributed by atoms with E-state index in [9.17, 15) is 14.7 Å². The van der Waals surface area contributed by atoms with Gasteiger partial charge in [-0.3, -0.25) is 9.78 Å². The minimum atomic E-state index is -0.331. The van der Waals surface area contributed by atoms with Crippen molar-refractivity contribution in [2.45, 2.75) is 13.0 Å². The number of aromatic amines is 1. The number of nitrogens with one attached hydrogen (secondary N) is 3. The fourth-order valence-electron chi connectivity index (χ4n) is 5.28. The summed E-state index contributed by atoms with van der Waals surface area (Å²) in [5, 5.41) is 17.7. The molecule has 0 bridgehead atoms. The first-order chi connectivity index (χ1) is 22.9. The predicted octanol–water partition coefficient (Wildman–Crippen LogP) is 7.79. The van der Waals surface area contributed by atoms with Gasteiger partial charge in [-0.1, -0.05) is 59.9 Å². The molecule has 11 heteroatoms. The molecule has 0 fully saturated rings. The van der Waals surface area contributed by atoms with E-state index in [2.05, 4.69) is 15.6 Å². The third-order valence-electron chi connectivity index (χ3n) is 7.69. The number of H-pyrrole nitrogens is 1. The maximum absolute atomic E-state index is 12.7. The second-order valence-electron chi connectivity index (χ2n) is 10.9. The second-order valence-corrected chi connectivity index (χ2v) is 11.9. The molecule has 0 aliphatic rings. The number of aryl methyl sites for hydroxylation is 1. The Morgan fingerprint density at radius 1 is 0.894 bits per heavy atom. The van der Waals surface area contributed by atoms with E-state index in [1.807, 2.05) is 96.5 Å². The minimum Gasteiger partial charge on any atom is -0.494 e. The van der Waals surface area contributed by atoms with Gasteiger partial charge in [-0.25, -0.2) is 9.78 Å². The Labute approximate surface area is 272 Å². The normalized spacial score (nSPS) is 11.1. The fraction of sp³-hybridized carbons (Fsp3) is 0.0833. The maximum Gasteiger partial charge on any atom is 0.323 e. The van der Waals surface area contributed by atoms with E-state index < -0.39 is 0 Å². The number of anilines is 2. The van der Waals surface area contributed by atoms with Crippen molar-refractivity contribution >= 4 is 50.5 Å². The zero-order valence-electron chi connectivity index (χ0n) is 25.2. The highest BCUT2D eigenvalue weighted by Crippen LogP contribution is 2.28. The van der Waals surface area contributed by atoms with E-state index in [-0.39, 0.29) is 23.4 Å². The Bertz CT molecular complexity index is 2270.